The van der Waals surface area contributed by atoms with Gasteiger partial charge in [0.15, 0.2) is 11.6 Å². The highest BCUT2D eigenvalue weighted by molar-refractivity contribution is 6.18. The van der Waals surface area contributed by atoms with E-state index < -0.39 is 29.7 Å². The van der Waals surface area contributed by atoms with Crippen molar-refractivity contribution in [3.63, 3.8) is 0 Å². The minimum absolute atomic E-state index is 0.0842. The molecule has 0 amide bonds. The van der Waals surface area contributed by atoms with Gasteiger partial charge in [-0.15, -0.1) is 0 Å². The number of allylic oxidation sites excluding steroid dienone is 1. The summed E-state index contributed by atoms with van der Waals surface area (Å²) in [6.45, 7) is 1.23. The fraction of sp³-hybridized carbons (Fsp3) is 0.333. The number of carbonyl (C=O) groups excluding carboxylic acids is 4. The summed E-state index contributed by atoms with van der Waals surface area (Å²) in [6, 6.07) is 4.56. The molecule has 6 nitrogen and oxygen atoms in total. The highest BCUT2D eigenvalue weighted by Gasteiger charge is 2.49. The highest BCUT2D eigenvalue weighted by Crippen LogP contribution is 2.43. The fourth-order valence-electron chi connectivity index (χ4n) is 3.46. The van der Waals surface area contributed by atoms with Gasteiger partial charge >= 0.3 is 11.9 Å². The molecule has 0 aromatic heterocycles. The van der Waals surface area contributed by atoms with E-state index in [1.165, 1.54) is 26.2 Å². The summed E-state index contributed by atoms with van der Waals surface area (Å²) in [6.07, 6.45) is 3.70. The van der Waals surface area contributed by atoms with E-state index in [0.29, 0.717) is 6.42 Å². The molecule has 1 aromatic rings. The van der Waals surface area contributed by atoms with Crippen LogP contribution in [0.15, 0.2) is 30.4 Å². The SMILES string of the molecule is COC(=O)[C@H]1C=CC[C@H]2C(=O)c3c(OC(C)=O)cccc3C(=O)[C@@H]12. The third kappa shape index (κ3) is 2.44. The maximum Gasteiger partial charge on any atom is 0.313 e. The summed E-state index contributed by atoms with van der Waals surface area (Å²) >= 11 is 0. The van der Waals surface area contributed by atoms with Gasteiger partial charge in [0.05, 0.1) is 18.6 Å². The maximum atomic E-state index is 12.9. The molecule has 0 fully saturated rings. The first-order valence-electron chi connectivity index (χ1n) is 7.60. The topological polar surface area (TPSA) is 86.7 Å². The maximum absolute atomic E-state index is 12.9. The zero-order chi connectivity index (χ0) is 17.4. The van der Waals surface area contributed by atoms with Crippen molar-refractivity contribution in [3.05, 3.63) is 41.5 Å². The van der Waals surface area contributed by atoms with E-state index in [9.17, 15) is 19.2 Å². The number of hydrogen-bond acceptors (Lipinski definition) is 6. The molecule has 0 heterocycles. The Bertz CT molecular complexity index is 776. The van der Waals surface area contributed by atoms with Gasteiger partial charge in [-0.2, -0.15) is 0 Å². The van der Waals surface area contributed by atoms with Gasteiger partial charge in [0.25, 0.3) is 0 Å². The van der Waals surface area contributed by atoms with Crippen molar-refractivity contribution >= 4 is 23.5 Å². The van der Waals surface area contributed by atoms with Crippen LogP contribution in [0.2, 0.25) is 0 Å². The Labute approximate surface area is 138 Å². The van der Waals surface area contributed by atoms with Gasteiger partial charge in [-0.25, -0.2) is 0 Å². The molecule has 3 rings (SSSR count). The van der Waals surface area contributed by atoms with E-state index in [1.807, 2.05) is 0 Å². The highest BCUT2D eigenvalue weighted by atomic mass is 16.5. The molecular weight excluding hydrogens is 312 g/mol. The molecule has 1 aromatic carbocycles. The number of carbonyl (C=O) groups is 4. The standard InChI is InChI=1S/C18H16O6/c1-9(19)24-13-8-4-6-11-15(13)17(21)10-5-3-7-12(18(22)23-2)14(10)16(11)20/h3-4,6-8,10,12,14H,5H2,1-2H3/t10-,12+,14-/m1/s1. The Morgan fingerprint density at radius 1 is 1.17 bits per heavy atom. The number of ketones is 2. The Kier molecular flexibility index (Phi) is 4.05. The summed E-state index contributed by atoms with van der Waals surface area (Å²) in [7, 11) is 1.25. The van der Waals surface area contributed by atoms with Crippen LogP contribution < -0.4 is 4.74 Å². The van der Waals surface area contributed by atoms with Crippen molar-refractivity contribution in [3.8, 4) is 5.75 Å². The largest absolute Gasteiger partial charge is 0.469 e. The number of Topliss-reactive ketones (excluding diaryl/α,β-unsaturated/α-hetero) is 2. The number of benzene rings is 1. The number of methoxy groups -OCH3 is 1. The Morgan fingerprint density at radius 2 is 1.92 bits per heavy atom. The predicted molar refractivity (Wildman–Crippen MR) is 82.7 cm³/mol. The summed E-state index contributed by atoms with van der Waals surface area (Å²) in [5.74, 6) is -3.83. The third-order valence-electron chi connectivity index (χ3n) is 4.46. The fourth-order valence-corrected chi connectivity index (χ4v) is 3.46. The lowest BCUT2D eigenvalue weighted by molar-refractivity contribution is -0.145. The second-order valence-electron chi connectivity index (χ2n) is 5.85. The monoisotopic (exact) mass is 328 g/mol. The van der Waals surface area contributed by atoms with Crippen LogP contribution in [0, 0.1) is 17.8 Å². The molecule has 24 heavy (non-hydrogen) atoms. The van der Waals surface area contributed by atoms with Gasteiger partial charge in [0.2, 0.25) is 0 Å². The molecule has 0 radical (unpaired) electrons. The number of ether oxygens (including phenoxy) is 2. The van der Waals surface area contributed by atoms with Gasteiger partial charge in [0, 0.05) is 24.3 Å². The summed E-state index contributed by atoms with van der Waals surface area (Å²) < 4.78 is 9.85. The predicted octanol–water partition coefficient (Wildman–Crippen LogP) is 1.97. The second kappa shape index (κ2) is 6.03. The normalized spacial score (nSPS) is 24.8. The molecular formula is C18H16O6. The molecule has 0 aliphatic heterocycles. The van der Waals surface area contributed by atoms with Gasteiger partial charge in [-0.3, -0.25) is 19.2 Å². The average molecular weight is 328 g/mol. The van der Waals surface area contributed by atoms with Crippen molar-refractivity contribution in [1.82, 2.24) is 0 Å². The van der Waals surface area contributed by atoms with E-state index >= 15 is 0 Å². The van der Waals surface area contributed by atoms with Crippen LogP contribution in [-0.4, -0.2) is 30.6 Å². The molecule has 3 atom stereocenters. The van der Waals surface area contributed by atoms with Gasteiger partial charge in [-0.1, -0.05) is 24.3 Å². The summed E-state index contributed by atoms with van der Waals surface area (Å²) in [5, 5.41) is 0. The van der Waals surface area contributed by atoms with Crippen LogP contribution in [0.3, 0.4) is 0 Å². The van der Waals surface area contributed by atoms with Crippen molar-refractivity contribution in [2.24, 2.45) is 17.8 Å². The minimum Gasteiger partial charge on any atom is -0.469 e. The minimum atomic E-state index is -0.782. The first kappa shape index (κ1) is 16.1. The van der Waals surface area contributed by atoms with Gasteiger partial charge in [-0.05, 0) is 12.5 Å². The van der Waals surface area contributed by atoms with Crippen molar-refractivity contribution < 1.29 is 28.7 Å². The van der Waals surface area contributed by atoms with E-state index in [0.717, 1.165) is 0 Å². The molecule has 0 bridgehead atoms. The van der Waals surface area contributed by atoms with Crippen LogP contribution in [0.4, 0.5) is 0 Å². The molecule has 0 N–H and O–H groups in total. The Hall–Kier alpha value is -2.76. The van der Waals surface area contributed by atoms with E-state index in [-0.39, 0.29) is 28.4 Å². The number of hydrogen-bond donors (Lipinski definition) is 0. The zero-order valence-corrected chi connectivity index (χ0v) is 13.3. The van der Waals surface area contributed by atoms with Crippen LogP contribution in [0.5, 0.6) is 5.75 Å². The van der Waals surface area contributed by atoms with Crippen molar-refractivity contribution in [1.29, 1.82) is 0 Å². The van der Waals surface area contributed by atoms with Crippen molar-refractivity contribution in [2.45, 2.75) is 13.3 Å². The first-order valence-corrected chi connectivity index (χ1v) is 7.60. The smallest absolute Gasteiger partial charge is 0.313 e. The molecule has 2 aliphatic rings. The number of rotatable bonds is 2. The molecule has 0 unspecified atom stereocenters. The lowest BCUT2D eigenvalue weighted by Crippen LogP contribution is -2.44. The zero-order valence-electron chi connectivity index (χ0n) is 13.3. The lowest BCUT2D eigenvalue weighted by Gasteiger charge is -2.35. The average Bonchev–Trinajstić information content (AvgIpc) is 2.57. The van der Waals surface area contributed by atoms with Crippen LogP contribution in [0.25, 0.3) is 0 Å². The van der Waals surface area contributed by atoms with Crippen LogP contribution in [0.1, 0.15) is 34.1 Å². The first-order chi connectivity index (χ1) is 11.5. The van der Waals surface area contributed by atoms with Crippen LogP contribution >= 0.6 is 0 Å². The third-order valence-corrected chi connectivity index (χ3v) is 4.46. The number of esters is 2. The van der Waals surface area contributed by atoms with E-state index in [2.05, 4.69) is 0 Å². The van der Waals surface area contributed by atoms with Gasteiger partial charge in [0.1, 0.15) is 5.75 Å². The van der Waals surface area contributed by atoms with Crippen molar-refractivity contribution in [2.75, 3.05) is 7.11 Å². The summed E-state index contributed by atoms with van der Waals surface area (Å²) in [5.41, 5.74) is 0.307. The second-order valence-corrected chi connectivity index (χ2v) is 5.85. The van der Waals surface area contributed by atoms with Gasteiger partial charge < -0.3 is 9.47 Å². The van der Waals surface area contributed by atoms with E-state index in [4.69, 9.17) is 9.47 Å². The van der Waals surface area contributed by atoms with E-state index in [1.54, 1.807) is 18.2 Å². The molecule has 0 saturated carbocycles. The molecule has 124 valence electrons. The summed E-state index contributed by atoms with van der Waals surface area (Å²) in [4.78, 5) is 49.1. The molecule has 2 aliphatic carbocycles. The van der Waals surface area contributed by atoms with Crippen LogP contribution in [-0.2, 0) is 14.3 Å². The lowest BCUT2D eigenvalue weighted by atomic mass is 9.65. The molecule has 6 heteroatoms. The molecule has 0 spiro atoms. The number of fused-ring (bicyclic) bond motifs is 2. The quantitative estimate of drug-likeness (QED) is 0.469. The molecule has 0 saturated heterocycles. The Balaban J connectivity index is 2.12. The Morgan fingerprint density at radius 3 is 2.58 bits per heavy atom.